The molecule has 0 saturated carbocycles. The number of hydrogen-bond donors (Lipinski definition) is 1. The van der Waals surface area contributed by atoms with E-state index >= 15 is 0 Å². The molecular formula is C19H14Cl2F3N3O2S. The van der Waals surface area contributed by atoms with Crippen LogP contribution in [0, 0.1) is 0 Å². The standard InChI is InChI=1S/C19H14Cl2F3N3O2S/c1-2-10-27-17(19(22,23)24)16(14-9-8-12(20)11-15(14)21)18(25-27)26-30(28,29)13-6-4-3-5-7-13/h2-9,11H,1,10H2,(H,25,26). The summed E-state index contributed by atoms with van der Waals surface area (Å²) in [4.78, 5) is -0.134. The van der Waals surface area contributed by atoms with Gasteiger partial charge in [0.15, 0.2) is 11.5 Å². The molecule has 1 aromatic heterocycles. The molecule has 0 aliphatic heterocycles. The Bertz CT molecular complexity index is 1190. The lowest BCUT2D eigenvalue weighted by atomic mass is 10.0. The molecule has 0 aliphatic rings. The molecule has 0 atom stereocenters. The van der Waals surface area contributed by atoms with Gasteiger partial charge >= 0.3 is 6.18 Å². The molecule has 0 bridgehead atoms. The maximum atomic E-state index is 14.0. The van der Waals surface area contributed by atoms with Gasteiger partial charge in [-0.15, -0.1) is 6.58 Å². The first-order valence-corrected chi connectivity index (χ1v) is 10.6. The summed E-state index contributed by atoms with van der Waals surface area (Å²) in [7, 11) is -4.22. The summed E-state index contributed by atoms with van der Waals surface area (Å²) in [5, 5.41) is 3.98. The molecule has 2 aromatic carbocycles. The second kappa shape index (κ2) is 8.33. The van der Waals surface area contributed by atoms with Crippen LogP contribution >= 0.6 is 23.2 Å². The molecule has 0 aliphatic carbocycles. The maximum absolute atomic E-state index is 14.0. The topological polar surface area (TPSA) is 64.0 Å². The number of hydrogen-bond acceptors (Lipinski definition) is 3. The third-order valence-electron chi connectivity index (χ3n) is 4.01. The minimum Gasteiger partial charge on any atom is -0.261 e. The normalized spacial score (nSPS) is 12.0. The molecule has 0 unspecified atom stereocenters. The Kier molecular flexibility index (Phi) is 6.16. The zero-order valence-electron chi connectivity index (χ0n) is 15.1. The van der Waals surface area contributed by atoms with Crippen LogP contribution in [0.3, 0.4) is 0 Å². The maximum Gasteiger partial charge on any atom is 0.433 e. The molecule has 0 fully saturated rings. The quantitative estimate of drug-likeness (QED) is 0.453. The second-order valence-corrected chi connectivity index (χ2v) is 8.61. The lowest BCUT2D eigenvalue weighted by Gasteiger charge is -2.13. The fourth-order valence-electron chi connectivity index (χ4n) is 2.81. The smallest absolute Gasteiger partial charge is 0.261 e. The van der Waals surface area contributed by atoms with Gasteiger partial charge in [0.2, 0.25) is 0 Å². The minimum atomic E-state index is -4.86. The molecule has 5 nitrogen and oxygen atoms in total. The van der Waals surface area contributed by atoms with Gasteiger partial charge in [0.25, 0.3) is 10.0 Å². The number of nitrogens with zero attached hydrogens (tertiary/aromatic N) is 2. The number of anilines is 1. The summed E-state index contributed by atoms with van der Waals surface area (Å²) in [5.74, 6) is -0.516. The summed E-state index contributed by atoms with van der Waals surface area (Å²) >= 11 is 12.0. The van der Waals surface area contributed by atoms with Gasteiger partial charge in [0.1, 0.15) is 0 Å². The van der Waals surface area contributed by atoms with Crippen molar-refractivity contribution in [2.75, 3.05) is 4.72 Å². The fraction of sp³-hybridized carbons (Fsp3) is 0.105. The number of rotatable bonds is 6. The van der Waals surface area contributed by atoms with Gasteiger partial charge in [-0.2, -0.15) is 18.3 Å². The zero-order chi connectivity index (χ0) is 22.1. The number of alkyl halides is 3. The summed E-state index contributed by atoms with van der Waals surface area (Å²) in [6, 6.07) is 11.1. The van der Waals surface area contributed by atoms with Crippen LogP contribution in [0.5, 0.6) is 0 Å². The number of benzene rings is 2. The van der Waals surface area contributed by atoms with Crippen LogP contribution in [0.1, 0.15) is 5.69 Å². The van der Waals surface area contributed by atoms with E-state index in [0.29, 0.717) is 4.68 Å². The number of allylic oxidation sites excluding steroid dienone is 1. The summed E-state index contributed by atoms with van der Waals surface area (Å²) < 4.78 is 70.1. The van der Waals surface area contributed by atoms with E-state index in [-0.39, 0.29) is 27.0 Å². The van der Waals surface area contributed by atoms with Gasteiger partial charge < -0.3 is 0 Å². The molecular weight excluding hydrogens is 462 g/mol. The number of aromatic nitrogens is 2. The van der Waals surface area contributed by atoms with E-state index in [1.54, 1.807) is 6.07 Å². The van der Waals surface area contributed by atoms with E-state index in [4.69, 9.17) is 23.2 Å². The van der Waals surface area contributed by atoms with Gasteiger partial charge in [-0.1, -0.05) is 53.5 Å². The van der Waals surface area contributed by atoms with E-state index in [9.17, 15) is 21.6 Å². The van der Waals surface area contributed by atoms with Crippen molar-refractivity contribution in [1.29, 1.82) is 0 Å². The molecule has 158 valence electrons. The molecule has 0 amide bonds. The Balaban J connectivity index is 2.28. The summed E-state index contributed by atoms with van der Waals surface area (Å²) in [6.07, 6.45) is -3.64. The van der Waals surface area contributed by atoms with Crippen LogP contribution in [-0.4, -0.2) is 18.2 Å². The summed E-state index contributed by atoms with van der Waals surface area (Å²) in [5.41, 5.74) is -1.75. The van der Waals surface area contributed by atoms with Gasteiger partial charge in [0, 0.05) is 10.6 Å². The Morgan fingerprint density at radius 3 is 2.37 bits per heavy atom. The molecule has 0 radical (unpaired) electrons. The average molecular weight is 476 g/mol. The third-order valence-corrected chi connectivity index (χ3v) is 5.91. The van der Waals surface area contributed by atoms with Crippen LogP contribution in [0.4, 0.5) is 19.0 Å². The van der Waals surface area contributed by atoms with Crippen LogP contribution in [0.25, 0.3) is 11.1 Å². The van der Waals surface area contributed by atoms with Crippen molar-refractivity contribution in [3.63, 3.8) is 0 Å². The monoisotopic (exact) mass is 475 g/mol. The Morgan fingerprint density at radius 2 is 1.80 bits per heavy atom. The number of halogens is 5. The van der Waals surface area contributed by atoms with Crippen LogP contribution in [0.2, 0.25) is 10.0 Å². The number of nitrogens with one attached hydrogen (secondary N) is 1. The first-order chi connectivity index (χ1) is 14.0. The third kappa shape index (κ3) is 4.48. The van der Waals surface area contributed by atoms with Crippen molar-refractivity contribution in [2.45, 2.75) is 17.6 Å². The minimum absolute atomic E-state index is 0.0746. The highest BCUT2D eigenvalue weighted by Crippen LogP contribution is 2.44. The van der Waals surface area contributed by atoms with E-state index in [1.807, 2.05) is 0 Å². The van der Waals surface area contributed by atoms with Gasteiger partial charge in [0.05, 0.1) is 22.0 Å². The van der Waals surface area contributed by atoms with Gasteiger partial charge in [-0.25, -0.2) is 8.42 Å². The largest absolute Gasteiger partial charge is 0.433 e. The van der Waals surface area contributed by atoms with Crippen molar-refractivity contribution in [3.8, 4) is 11.1 Å². The van der Waals surface area contributed by atoms with Crippen molar-refractivity contribution in [1.82, 2.24) is 9.78 Å². The van der Waals surface area contributed by atoms with E-state index in [2.05, 4.69) is 16.4 Å². The van der Waals surface area contributed by atoms with Crippen LogP contribution in [0.15, 0.2) is 66.1 Å². The molecule has 1 N–H and O–H groups in total. The SMILES string of the molecule is C=CCn1nc(NS(=O)(=O)c2ccccc2)c(-c2ccc(Cl)cc2Cl)c1C(F)(F)F. The van der Waals surface area contributed by atoms with Crippen LogP contribution in [-0.2, 0) is 22.7 Å². The molecule has 1 heterocycles. The highest BCUT2D eigenvalue weighted by atomic mass is 35.5. The highest BCUT2D eigenvalue weighted by Gasteiger charge is 2.41. The second-order valence-electron chi connectivity index (χ2n) is 6.08. The van der Waals surface area contributed by atoms with Crippen LogP contribution < -0.4 is 4.72 Å². The molecule has 3 aromatic rings. The van der Waals surface area contributed by atoms with Crippen molar-refractivity contribution < 1.29 is 21.6 Å². The van der Waals surface area contributed by atoms with E-state index in [0.717, 1.165) is 0 Å². The highest BCUT2D eigenvalue weighted by molar-refractivity contribution is 7.92. The Labute approximate surface area is 180 Å². The van der Waals surface area contributed by atoms with Gasteiger partial charge in [-0.05, 0) is 24.3 Å². The molecule has 11 heteroatoms. The first-order valence-electron chi connectivity index (χ1n) is 8.37. The van der Waals surface area contributed by atoms with E-state index in [1.165, 1.54) is 48.5 Å². The lowest BCUT2D eigenvalue weighted by molar-refractivity contribution is -0.143. The summed E-state index contributed by atoms with van der Waals surface area (Å²) in [6.45, 7) is 3.13. The molecule has 3 rings (SSSR count). The lowest BCUT2D eigenvalue weighted by Crippen LogP contribution is -2.15. The predicted octanol–water partition coefficient (Wildman–Crippen LogP) is 5.86. The molecule has 0 saturated heterocycles. The van der Waals surface area contributed by atoms with Gasteiger partial charge in [-0.3, -0.25) is 9.40 Å². The zero-order valence-corrected chi connectivity index (χ0v) is 17.4. The Morgan fingerprint density at radius 1 is 1.13 bits per heavy atom. The Hall–Kier alpha value is -2.49. The molecule has 30 heavy (non-hydrogen) atoms. The average Bonchev–Trinajstić information content (AvgIpc) is 3.00. The predicted molar refractivity (Wildman–Crippen MR) is 110 cm³/mol. The van der Waals surface area contributed by atoms with Crippen molar-refractivity contribution in [2.24, 2.45) is 0 Å². The fourth-order valence-corrected chi connectivity index (χ4v) is 4.34. The van der Waals surface area contributed by atoms with Crippen molar-refractivity contribution in [3.05, 3.63) is 76.9 Å². The van der Waals surface area contributed by atoms with E-state index < -0.39 is 33.3 Å². The molecule has 0 spiro atoms. The van der Waals surface area contributed by atoms with Crippen molar-refractivity contribution >= 4 is 39.0 Å². The first kappa shape index (κ1) is 22.2. The number of sulfonamides is 1.